The SMILES string of the molecule is CCN(Cc1cc(Br)ccc1F)C(=O)c1csc(CCN)n1.Cl. The van der Waals surface area contributed by atoms with E-state index in [-0.39, 0.29) is 30.7 Å². The second-order valence-corrected chi connectivity index (χ2v) is 6.58. The van der Waals surface area contributed by atoms with E-state index in [1.807, 2.05) is 6.92 Å². The molecule has 2 N–H and O–H groups in total. The number of nitrogens with zero attached hydrogens (tertiary/aromatic N) is 2. The summed E-state index contributed by atoms with van der Waals surface area (Å²) in [5, 5.41) is 2.57. The van der Waals surface area contributed by atoms with Gasteiger partial charge in [0.25, 0.3) is 5.91 Å². The van der Waals surface area contributed by atoms with Crippen molar-refractivity contribution in [1.82, 2.24) is 9.88 Å². The van der Waals surface area contributed by atoms with Crippen LogP contribution in [0.1, 0.15) is 28.0 Å². The maximum atomic E-state index is 13.9. The summed E-state index contributed by atoms with van der Waals surface area (Å²) < 4.78 is 14.6. The number of carbonyl (C=O) groups excluding carboxylic acids is 1. The molecule has 0 saturated carbocycles. The highest BCUT2D eigenvalue weighted by atomic mass is 79.9. The Hall–Kier alpha value is -1.02. The maximum Gasteiger partial charge on any atom is 0.273 e. The van der Waals surface area contributed by atoms with E-state index in [0.717, 1.165) is 9.48 Å². The summed E-state index contributed by atoms with van der Waals surface area (Å²) in [7, 11) is 0. The molecule has 8 heteroatoms. The first-order valence-electron chi connectivity index (χ1n) is 6.92. The van der Waals surface area contributed by atoms with Crippen LogP contribution in [0.25, 0.3) is 0 Å². The van der Waals surface area contributed by atoms with Crippen LogP contribution in [0.3, 0.4) is 0 Å². The minimum absolute atomic E-state index is 0. The van der Waals surface area contributed by atoms with Gasteiger partial charge in [0.05, 0.1) is 5.01 Å². The van der Waals surface area contributed by atoms with Crippen LogP contribution in [0.2, 0.25) is 0 Å². The van der Waals surface area contributed by atoms with Crippen molar-refractivity contribution in [2.45, 2.75) is 19.9 Å². The first-order valence-corrected chi connectivity index (χ1v) is 8.60. The fourth-order valence-electron chi connectivity index (χ4n) is 2.01. The summed E-state index contributed by atoms with van der Waals surface area (Å²) in [5.74, 6) is -0.516. The Morgan fingerprint density at radius 3 is 2.87 bits per heavy atom. The zero-order valence-corrected chi connectivity index (χ0v) is 15.8. The first-order chi connectivity index (χ1) is 10.5. The predicted octanol–water partition coefficient (Wildman–Crippen LogP) is 3.63. The number of nitrogens with two attached hydrogens (primary N) is 1. The lowest BCUT2D eigenvalue weighted by Crippen LogP contribution is -2.31. The molecule has 2 aromatic rings. The summed E-state index contributed by atoms with van der Waals surface area (Å²) >= 11 is 4.74. The summed E-state index contributed by atoms with van der Waals surface area (Å²) in [6.07, 6.45) is 0.657. The van der Waals surface area contributed by atoms with Crippen LogP contribution in [0.5, 0.6) is 0 Å². The molecule has 1 amide bonds. The number of hydrogen-bond acceptors (Lipinski definition) is 4. The molecular formula is C15H18BrClFN3OS. The quantitative estimate of drug-likeness (QED) is 0.773. The predicted molar refractivity (Wildman–Crippen MR) is 96.6 cm³/mol. The Morgan fingerprint density at radius 1 is 1.48 bits per heavy atom. The van der Waals surface area contributed by atoms with Gasteiger partial charge in [-0.15, -0.1) is 23.7 Å². The van der Waals surface area contributed by atoms with Crippen LogP contribution < -0.4 is 5.73 Å². The standard InChI is InChI=1S/C15H17BrFN3OS.ClH/c1-2-20(8-10-7-11(16)3-4-12(10)17)15(21)13-9-22-14(19-13)5-6-18;/h3-4,7,9H,2,5-6,8,18H2,1H3;1H. The van der Waals surface area contributed by atoms with Crippen molar-refractivity contribution in [3.8, 4) is 0 Å². The van der Waals surface area contributed by atoms with Gasteiger partial charge < -0.3 is 10.6 Å². The largest absolute Gasteiger partial charge is 0.333 e. The molecule has 0 aliphatic heterocycles. The van der Waals surface area contributed by atoms with Gasteiger partial charge in [-0.2, -0.15) is 0 Å². The third-order valence-electron chi connectivity index (χ3n) is 3.17. The van der Waals surface area contributed by atoms with Gasteiger partial charge in [-0.1, -0.05) is 15.9 Å². The fourth-order valence-corrected chi connectivity index (χ4v) is 3.20. The zero-order valence-electron chi connectivity index (χ0n) is 12.6. The van der Waals surface area contributed by atoms with E-state index in [1.54, 1.807) is 22.4 Å². The number of hydrogen-bond donors (Lipinski definition) is 1. The van der Waals surface area contributed by atoms with E-state index in [2.05, 4.69) is 20.9 Å². The number of halogens is 3. The molecular weight excluding hydrogens is 405 g/mol. The zero-order chi connectivity index (χ0) is 16.1. The highest BCUT2D eigenvalue weighted by Crippen LogP contribution is 2.19. The van der Waals surface area contributed by atoms with Crippen molar-refractivity contribution in [1.29, 1.82) is 0 Å². The normalized spacial score (nSPS) is 10.3. The minimum Gasteiger partial charge on any atom is -0.333 e. The summed E-state index contributed by atoms with van der Waals surface area (Å²) in [5.41, 5.74) is 6.36. The van der Waals surface area contributed by atoms with Crippen molar-refractivity contribution >= 4 is 45.6 Å². The number of thiazole rings is 1. The molecule has 4 nitrogen and oxygen atoms in total. The maximum absolute atomic E-state index is 13.9. The Balaban J connectivity index is 0.00000264. The number of amides is 1. The molecule has 0 atom stereocenters. The second-order valence-electron chi connectivity index (χ2n) is 4.72. The molecule has 0 fully saturated rings. The molecule has 126 valence electrons. The highest BCUT2D eigenvalue weighted by Gasteiger charge is 2.19. The molecule has 1 aromatic carbocycles. The Bertz CT molecular complexity index is 668. The van der Waals surface area contributed by atoms with Crippen molar-refractivity contribution in [3.05, 3.63) is 50.1 Å². The van der Waals surface area contributed by atoms with Crippen LogP contribution in [-0.2, 0) is 13.0 Å². The highest BCUT2D eigenvalue weighted by molar-refractivity contribution is 9.10. The van der Waals surface area contributed by atoms with E-state index in [4.69, 9.17) is 5.73 Å². The topological polar surface area (TPSA) is 59.2 Å². The second kappa shape index (κ2) is 9.32. The van der Waals surface area contributed by atoms with Gasteiger partial charge in [0.15, 0.2) is 0 Å². The van der Waals surface area contributed by atoms with Crippen LogP contribution in [0.15, 0.2) is 28.1 Å². The molecule has 0 aliphatic rings. The third kappa shape index (κ3) is 5.24. The summed E-state index contributed by atoms with van der Waals surface area (Å²) in [4.78, 5) is 18.4. The molecule has 0 radical (unpaired) electrons. The van der Waals surface area contributed by atoms with E-state index < -0.39 is 0 Å². The lowest BCUT2D eigenvalue weighted by Gasteiger charge is -2.20. The van der Waals surface area contributed by atoms with Gasteiger partial charge in [-0.05, 0) is 31.7 Å². The van der Waals surface area contributed by atoms with Crippen LogP contribution in [0.4, 0.5) is 4.39 Å². The molecule has 1 aromatic heterocycles. The third-order valence-corrected chi connectivity index (χ3v) is 4.57. The van der Waals surface area contributed by atoms with Gasteiger partial charge in [0.1, 0.15) is 11.5 Å². The average molecular weight is 423 g/mol. The van der Waals surface area contributed by atoms with Gasteiger partial charge in [0, 0.05) is 34.9 Å². The molecule has 0 bridgehead atoms. The van der Waals surface area contributed by atoms with Crippen molar-refractivity contribution < 1.29 is 9.18 Å². The van der Waals surface area contributed by atoms with Gasteiger partial charge in [0.2, 0.25) is 0 Å². The first kappa shape index (κ1) is 20.0. The lowest BCUT2D eigenvalue weighted by atomic mass is 10.2. The molecule has 0 spiro atoms. The van der Waals surface area contributed by atoms with Crippen LogP contribution in [-0.4, -0.2) is 28.9 Å². The summed E-state index contributed by atoms with van der Waals surface area (Å²) in [6, 6.07) is 4.71. The number of rotatable bonds is 6. The van der Waals surface area contributed by atoms with Crippen LogP contribution >= 0.6 is 39.7 Å². The van der Waals surface area contributed by atoms with Crippen molar-refractivity contribution in [2.75, 3.05) is 13.1 Å². The monoisotopic (exact) mass is 421 g/mol. The Morgan fingerprint density at radius 2 is 2.22 bits per heavy atom. The Kier molecular flexibility index (Phi) is 8.11. The lowest BCUT2D eigenvalue weighted by molar-refractivity contribution is 0.0746. The van der Waals surface area contributed by atoms with E-state index in [0.29, 0.717) is 30.8 Å². The Labute approximate surface area is 153 Å². The molecule has 1 heterocycles. The van der Waals surface area contributed by atoms with Crippen LogP contribution in [0, 0.1) is 5.82 Å². The molecule has 0 saturated heterocycles. The van der Waals surface area contributed by atoms with Gasteiger partial charge in [-0.25, -0.2) is 9.37 Å². The van der Waals surface area contributed by atoms with Crippen molar-refractivity contribution in [2.24, 2.45) is 5.73 Å². The average Bonchev–Trinajstić information content (AvgIpc) is 2.96. The van der Waals surface area contributed by atoms with E-state index in [9.17, 15) is 9.18 Å². The fraction of sp³-hybridized carbons (Fsp3) is 0.333. The molecule has 0 unspecified atom stereocenters. The molecule has 2 rings (SSSR count). The number of aromatic nitrogens is 1. The number of carbonyl (C=O) groups is 1. The number of benzene rings is 1. The summed E-state index contributed by atoms with van der Waals surface area (Å²) in [6.45, 7) is 3.06. The van der Waals surface area contributed by atoms with E-state index in [1.165, 1.54) is 17.4 Å². The molecule has 23 heavy (non-hydrogen) atoms. The van der Waals surface area contributed by atoms with Gasteiger partial charge >= 0.3 is 0 Å². The minimum atomic E-state index is -0.323. The van der Waals surface area contributed by atoms with Gasteiger partial charge in [-0.3, -0.25) is 4.79 Å². The van der Waals surface area contributed by atoms with E-state index >= 15 is 0 Å². The molecule has 0 aliphatic carbocycles. The smallest absolute Gasteiger partial charge is 0.273 e. The van der Waals surface area contributed by atoms with Crippen molar-refractivity contribution in [3.63, 3.8) is 0 Å².